The van der Waals surface area contributed by atoms with Gasteiger partial charge in [-0.3, -0.25) is 14.9 Å². The average molecular weight is 307 g/mol. The number of amides is 1. The monoisotopic (exact) mass is 307 g/mol. The van der Waals surface area contributed by atoms with Crippen LogP contribution in [0.25, 0.3) is 0 Å². The van der Waals surface area contributed by atoms with E-state index in [4.69, 9.17) is 0 Å². The number of aliphatic hydroxyl groups excluding tert-OH is 1. The maximum Gasteiger partial charge on any atom is 0.273 e. The third-order valence-corrected chi connectivity index (χ3v) is 3.83. The Morgan fingerprint density at radius 1 is 1.36 bits per heavy atom. The van der Waals surface area contributed by atoms with Gasteiger partial charge in [-0.1, -0.05) is 6.07 Å². The lowest BCUT2D eigenvalue weighted by Gasteiger charge is -2.32. The molecule has 1 aliphatic rings. The molecule has 0 aromatic heterocycles. The Labute approximate surface area is 129 Å². The number of piperazine rings is 1. The lowest BCUT2D eigenvalue weighted by atomic mass is 10.0. The largest absolute Gasteiger partial charge is 0.393 e. The Hall–Kier alpha value is -1.99. The number of likely N-dealkylation sites (N-methyl/N-ethyl adjacent to an activating group) is 1. The van der Waals surface area contributed by atoms with Crippen molar-refractivity contribution in [3.63, 3.8) is 0 Å². The van der Waals surface area contributed by atoms with Crippen molar-refractivity contribution in [3.05, 3.63) is 39.4 Å². The van der Waals surface area contributed by atoms with Crippen LogP contribution < -0.4 is 0 Å². The molecule has 0 aliphatic carbocycles. The molecule has 1 aromatic carbocycles. The lowest BCUT2D eigenvalue weighted by molar-refractivity contribution is -0.385. The van der Waals surface area contributed by atoms with E-state index in [-0.39, 0.29) is 18.0 Å². The molecule has 1 saturated heterocycles. The molecule has 1 aliphatic heterocycles. The number of nitrogens with zero attached hydrogens (tertiary/aromatic N) is 3. The predicted octanol–water partition coefficient (Wildman–Crippen LogP) is 0.906. The number of hydrogen-bond donors (Lipinski definition) is 1. The van der Waals surface area contributed by atoms with Gasteiger partial charge in [0.2, 0.25) is 0 Å². The summed E-state index contributed by atoms with van der Waals surface area (Å²) in [5.41, 5.74) is 0.654. The summed E-state index contributed by atoms with van der Waals surface area (Å²) in [4.78, 5) is 27.0. The van der Waals surface area contributed by atoms with E-state index in [9.17, 15) is 20.0 Å². The summed E-state index contributed by atoms with van der Waals surface area (Å²) in [5, 5.41) is 20.6. The van der Waals surface area contributed by atoms with E-state index in [0.29, 0.717) is 24.2 Å². The van der Waals surface area contributed by atoms with Crippen LogP contribution in [0.5, 0.6) is 0 Å². The van der Waals surface area contributed by atoms with Gasteiger partial charge in [-0.2, -0.15) is 0 Å². The van der Waals surface area contributed by atoms with Gasteiger partial charge < -0.3 is 14.9 Å². The minimum Gasteiger partial charge on any atom is -0.393 e. The van der Waals surface area contributed by atoms with Gasteiger partial charge in [0.05, 0.1) is 11.0 Å². The summed E-state index contributed by atoms with van der Waals surface area (Å²) in [7, 11) is 2.00. The number of benzene rings is 1. The second-order valence-electron chi connectivity index (χ2n) is 5.75. The second kappa shape index (κ2) is 6.85. The van der Waals surface area contributed by atoms with Crippen molar-refractivity contribution in [2.24, 2.45) is 0 Å². The molecule has 0 spiro atoms. The number of carbonyl (C=O) groups is 1. The van der Waals surface area contributed by atoms with Crippen LogP contribution in [0.4, 0.5) is 5.69 Å². The smallest absolute Gasteiger partial charge is 0.273 e. The molecule has 2 rings (SSSR count). The fourth-order valence-corrected chi connectivity index (χ4v) is 2.55. The van der Waals surface area contributed by atoms with Crippen LogP contribution in [0.15, 0.2) is 18.2 Å². The van der Waals surface area contributed by atoms with Crippen LogP contribution in [-0.4, -0.2) is 65.1 Å². The molecule has 1 unspecified atom stereocenters. The molecule has 7 nitrogen and oxygen atoms in total. The molecule has 1 N–H and O–H groups in total. The Morgan fingerprint density at radius 3 is 2.55 bits per heavy atom. The zero-order chi connectivity index (χ0) is 16.3. The Morgan fingerprint density at radius 2 is 2.00 bits per heavy atom. The zero-order valence-corrected chi connectivity index (χ0v) is 12.9. The van der Waals surface area contributed by atoms with E-state index >= 15 is 0 Å². The number of carbonyl (C=O) groups excluding carboxylic acids is 1. The van der Waals surface area contributed by atoms with Crippen LogP contribution in [0.2, 0.25) is 0 Å². The molecule has 1 aromatic rings. The van der Waals surface area contributed by atoms with Crippen LogP contribution in [-0.2, 0) is 6.42 Å². The van der Waals surface area contributed by atoms with Crippen molar-refractivity contribution >= 4 is 11.6 Å². The first-order valence-electron chi connectivity index (χ1n) is 7.31. The van der Waals surface area contributed by atoms with Crippen LogP contribution in [0.1, 0.15) is 22.8 Å². The van der Waals surface area contributed by atoms with E-state index in [0.717, 1.165) is 13.1 Å². The highest BCUT2D eigenvalue weighted by molar-refractivity contribution is 5.95. The second-order valence-corrected chi connectivity index (χ2v) is 5.75. The predicted molar refractivity (Wildman–Crippen MR) is 81.9 cm³/mol. The van der Waals surface area contributed by atoms with E-state index in [2.05, 4.69) is 4.90 Å². The molecule has 120 valence electrons. The first-order chi connectivity index (χ1) is 10.4. The number of nitro benzene ring substituents is 1. The SMILES string of the molecule is CC(O)Cc1ccc(C(=O)N2CCN(C)CC2)cc1[N+](=O)[O-]. The van der Waals surface area contributed by atoms with Gasteiger partial charge in [-0.15, -0.1) is 0 Å². The van der Waals surface area contributed by atoms with Crippen molar-refractivity contribution in [3.8, 4) is 0 Å². The van der Waals surface area contributed by atoms with Gasteiger partial charge >= 0.3 is 0 Å². The molecule has 0 saturated carbocycles. The maximum absolute atomic E-state index is 12.5. The summed E-state index contributed by atoms with van der Waals surface area (Å²) < 4.78 is 0. The zero-order valence-electron chi connectivity index (χ0n) is 12.9. The van der Waals surface area contributed by atoms with Crippen LogP contribution >= 0.6 is 0 Å². The molecule has 22 heavy (non-hydrogen) atoms. The first-order valence-corrected chi connectivity index (χ1v) is 7.31. The minimum absolute atomic E-state index is 0.110. The van der Waals surface area contributed by atoms with Crippen molar-refractivity contribution in [2.45, 2.75) is 19.4 Å². The molecule has 7 heteroatoms. The minimum atomic E-state index is -0.669. The summed E-state index contributed by atoms with van der Waals surface area (Å²) >= 11 is 0. The normalized spacial score (nSPS) is 17.3. The average Bonchev–Trinajstić information content (AvgIpc) is 2.47. The lowest BCUT2D eigenvalue weighted by Crippen LogP contribution is -2.47. The van der Waals surface area contributed by atoms with Crippen molar-refractivity contribution in [1.82, 2.24) is 9.80 Å². The molecular formula is C15H21N3O4. The molecule has 0 radical (unpaired) electrons. The fraction of sp³-hybridized carbons (Fsp3) is 0.533. The Kier molecular flexibility index (Phi) is 5.10. The molecule has 0 bridgehead atoms. The third kappa shape index (κ3) is 3.80. The molecule has 1 atom stereocenters. The van der Waals surface area contributed by atoms with Gasteiger partial charge in [0.1, 0.15) is 0 Å². The summed E-state index contributed by atoms with van der Waals surface area (Å²) in [6.07, 6.45) is -0.475. The Bertz CT molecular complexity index is 566. The molecule has 1 amide bonds. The van der Waals surface area contributed by atoms with E-state index in [1.807, 2.05) is 7.05 Å². The maximum atomic E-state index is 12.5. The van der Waals surface area contributed by atoms with Crippen LogP contribution in [0, 0.1) is 10.1 Å². The van der Waals surface area contributed by atoms with Crippen molar-refractivity contribution in [2.75, 3.05) is 33.2 Å². The highest BCUT2D eigenvalue weighted by Gasteiger charge is 2.23. The summed E-state index contributed by atoms with van der Waals surface area (Å²) in [5.74, 6) is -0.181. The van der Waals surface area contributed by atoms with Gasteiger partial charge in [-0.05, 0) is 20.0 Å². The molecule has 1 heterocycles. The van der Waals surface area contributed by atoms with Crippen molar-refractivity contribution < 1.29 is 14.8 Å². The standard InChI is InChI=1S/C15H21N3O4/c1-11(19)9-12-3-4-13(10-14(12)18(21)22)15(20)17-7-5-16(2)6-8-17/h3-4,10-11,19H,5-9H2,1-2H3. The van der Waals surface area contributed by atoms with Crippen LogP contribution in [0.3, 0.4) is 0 Å². The Balaban J connectivity index is 2.22. The number of rotatable bonds is 4. The summed E-state index contributed by atoms with van der Waals surface area (Å²) in [6, 6.07) is 4.48. The molecule has 1 fully saturated rings. The first kappa shape index (κ1) is 16.4. The number of hydrogen-bond acceptors (Lipinski definition) is 5. The fourth-order valence-electron chi connectivity index (χ4n) is 2.55. The quantitative estimate of drug-likeness (QED) is 0.660. The highest BCUT2D eigenvalue weighted by Crippen LogP contribution is 2.23. The van der Waals surface area contributed by atoms with E-state index in [1.165, 1.54) is 6.07 Å². The van der Waals surface area contributed by atoms with E-state index < -0.39 is 11.0 Å². The topological polar surface area (TPSA) is 86.9 Å². The summed E-state index contributed by atoms with van der Waals surface area (Å²) in [6.45, 7) is 4.42. The van der Waals surface area contributed by atoms with Gasteiger partial charge in [0.15, 0.2) is 0 Å². The highest BCUT2D eigenvalue weighted by atomic mass is 16.6. The number of aliphatic hydroxyl groups is 1. The molecular weight excluding hydrogens is 286 g/mol. The number of nitro groups is 1. The van der Waals surface area contributed by atoms with Crippen molar-refractivity contribution in [1.29, 1.82) is 0 Å². The van der Waals surface area contributed by atoms with E-state index in [1.54, 1.807) is 24.0 Å². The van der Waals surface area contributed by atoms with Gasteiger partial charge in [-0.25, -0.2) is 0 Å². The third-order valence-electron chi connectivity index (χ3n) is 3.83. The van der Waals surface area contributed by atoms with Gasteiger partial charge in [0.25, 0.3) is 11.6 Å². The van der Waals surface area contributed by atoms with Gasteiger partial charge in [0, 0.05) is 49.8 Å².